The van der Waals surface area contributed by atoms with E-state index in [0.717, 1.165) is 3.57 Å². The number of carbonyl (C=O) groups is 1. The number of aliphatic imine (C=N–C) groups is 1. The Balaban J connectivity index is 2.44. The summed E-state index contributed by atoms with van der Waals surface area (Å²) in [6.07, 6.45) is 1.33. The number of aliphatic hydroxyl groups is 1. The molecule has 24 heavy (non-hydrogen) atoms. The van der Waals surface area contributed by atoms with Crippen molar-refractivity contribution in [2.45, 2.75) is 6.92 Å². The fraction of sp³-hybridized carbons (Fsp3) is 0.111. The quantitative estimate of drug-likeness (QED) is 0.200. The average molecular weight is 500 g/mol. The van der Waals surface area contributed by atoms with Gasteiger partial charge in [0.25, 0.3) is 0 Å². The first-order valence-corrected chi connectivity index (χ1v) is 9.05. The van der Waals surface area contributed by atoms with Crippen molar-refractivity contribution < 1.29 is 14.6 Å². The van der Waals surface area contributed by atoms with Gasteiger partial charge in [-0.05, 0) is 59.8 Å². The Bertz CT molecular complexity index is 785. The van der Waals surface area contributed by atoms with Gasteiger partial charge in [-0.1, -0.05) is 34.1 Å². The van der Waals surface area contributed by atoms with Crippen molar-refractivity contribution in [3.05, 3.63) is 67.7 Å². The van der Waals surface area contributed by atoms with Gasteiger partial charge in [-0.25, -0.2) is 4.79 Å². The second-order valence-corrected chi connectivity index (χ2v) is 6.80. The molecule has 2 aromatic carbocycles. The maximum Gasteiger partial charge on any atom is 0.343 e. The summed E-state index contributed by atoms with van der Waals surface area (Å²) in [5, 5.41) is 10.5. The van der Waals surface area contributed by atoms with Crippen LogP contribution in [0.1, 0.15) is 12.5 Å². The van der Waals surface area contributed by atoms with Crippen LogP contribution in [0.15, 0.2) is 63.6 Å². The summed E-state index contributed by atoms with van der Waals surface area (Å²) in [4.78, 5) is 16.5. The minimum Gasteiger partial charge on any atom is -0.506 e. The highest BCUT2D eigenvalue weighted by Crippen LogP contribution is 2.25. The topological polar surface area (TPSA) is 58.9 Å². The molecule has 2 aromatic rings. The van der Waals surface area contributed by atoms with Crippen molar-refractivity contribution in [1.82, 2.24) is 0 Å². The van der Waals surface area contributed by atoms with Gasteiger partial charge in [0.15, 0.2) is 0 Å². The summed E-state index contributed by atoms with van der Waals surface area (Å²) in [6.45, 7) is 1.92. The first kappa shape index (κ1) is 18.7. The summed E-state index contributed by atoms with van der Waals surface area (Å²) in [6, 6.07) is 14.6. The van der Waals surface area contributed by atoms with E-state index in [9.17, 15) is 9.90 Å². The Hall–Kier alpha value is -1.67. The van der Waals surface area contributed by atoms with Gasteiger partial charge in [0, 0.05) is 19.8 Å². The smallest absolute Gasteiger partial charge is 0.343 e. The lowest BCUT2D eigenvalue weighted by molar-refractivity contribution is -0.137. The van der Waals surface area contributed by atoms with E-state index in [2.05, 4.69) is 43.5 Å². The third-order valence-electron chi connectivity index (χ3n) is 3.05. The van der Waals surface area contributed by atoms with Crippen molar-refractivity contribution in [2.75, 3.05) is 6.61 Å². The molecule has 0 saturated carbocycles. The fourth-order valence-electron chi connectivity index (χ4n) is 1.88. The van der Waals surface area contributed by atoms with E-state index in [1.54, 1.807) is 25.1 Å². The monoisotopic (exact) mass is 499 g/mol. The van der Waals surface area contributed by atoms with Crippen molar-refractivity contribution in [2.24, 2.45) is 4.99 Å². The number of hydrogen-bond acceptors (Lipinski definition) is 4. The van der Waals surface area contributed by atoms with E-state index in [-0.39, 0.29) is 17.9 Å². The van der Waals surface area contributed by atoms with Crippen LogP contribution in [0.4, 0.5) is 5.69 Å². The molecule has 0 heterocycles. The predicted molar refractivity (Wildman–Crippen MR) is 108 cm³/mol. The molecule has 0 aromatic heterocycles. The van der Waals surface area contributed by atoms with E-state index in [1.165, 1.54) is 6.21 Å². The first-order valence-electron chi connectivity index (χ1n) is 7.17. The maximum absolute atomic E-state index is 12.2. The molecule has 0 fully saturated rings. The third kappa shape index (κ3) is 4.91. The zero-order chi connectivity index (χ0) is 17.5. The molecule has 0 amide bonds. The molecule has 0 radical (unpaired) electrons. The maximum atomic E-state index is 12.2. The number of hydrogen-bond donors (Lipinski definition) is 1. The Morgan fingerprint density at radius 2 is 1.92 bits per heavy atom. The van der Waals surface area contributed by atoms with Gasteiger partial charge in [-0.3, -0.25) is 4.99 Å². The van der Waals surface area contributed by atoms with Crippen molar-refractivity contribution >= 4 is 62.2 Å². The number of carbonyl (C=O) groups excluding carboxylic acids is 1. The van der Waals surface area contributed by atoms with E-state index in [1.807, 2.05) is 30.3 Å². The van der Waals surface area contributed by atoms with Crippen LogP contribution in [0.5, 0.6) is 0 Å². The molecule has 0 bridgehead atoms. The third-order valence-corrected chi connectivity index (χ3v) is 4.46. The lowest BCUT2D eigenvalue weighted by Gasteiger charge is -2.08. The van der Waals surface area contributed by atoms with E-state index < -0.39 is 5.97 Å². The molecular weight excluding hydrogens is 485 g/mol. The second-order valence-electron chi connectivity index (χ2n) is 4.70. The average Bonchev–Trinajstić information content (AvgIpc) is 2.57. The molecule has 0 aliphatic heterocycles. The lowest BCUT2D eigenvalue weighted by Crippen LogP contribution is -2.11. The summed E-state index contributed by atoms with van der Waals surface area (Å²) in [5.41, 5.74) is 1.18. The number of ether oxygens (including phenoxy) is 1. The molecule has 0 atom stereocenters. The number of halogens is 2. The number of rotatable bonds is 5. The van der Waals surface area contributed by atoms with Gasteiger partial charge in [0.1, 0.15) is 11.3 Å². The first-order chi connectivity index (χ1) is 11.5. The molecule has 0 unspecified atom stereocenters. The highest BCUT2D eigenvalue weighted by molar-refractivity contribution is 14.1. The van der Waals surface area contributed by atoms with Crippen LogP contribution in [0.25, 0.3) is 5.76 Å². The van der Waals surface area contributed by atoms with E-state index in [4.69, 9.17) is 4.74 Å². The van der Waals surface area contributed by atoms with Crippen LogP contribution in [0.3, 0.4) is 0 Å². The largest absolute Gasteiger partial charge is 0.506 e. The van der Waals surface area contributed by atoms with Gasteiger partial charge < -0.3 is 9.84 Å². The molecule has 0 saturated heterocycles. The van der Waals surface area contributed by atoms with Crippen molar-refractivity contribution in [3.63, 3.8) is 0 Å². The highest BCUT2D eigenvalue weighted by atomic mass is 127. The second kappa shape index (κ2) is 8.98. The zero-order valence-corrected chi connectivity index (χ0v) is 16.6. The van der Waals surface area contributed by atoms with Gasteiger partial charge in [0.2, 0.25) is 0 Å². The molecule has 0 aliphatic carbocycles. The Kier molecular flexibility index (Phi) is 6.99. The minimum atomic E-state index is -0.625. The van der Waals surface area contributed by atoms with Crippen LogP contribution < -0.4 is 0 Å². The predicted octanol–water partition coefficient (Wildman–Crippen LogP) is 5.29. The fourth-order valence-corrected chi connectivity index (χ4v) is 2.72. The number of esters is 1. The Morgan fingerprint density at radius 1 is 1.25 bits per heavy atom. The molecule has 4 nitrogen and oxygen atoms in total. The standard InChI is InChI=1S/C18H15BrINO3/c1-2-24-18(23)15(11-21-13-9-7-12(20)8-10-13)17(22)14-5-3-4-6-16(14)19/h3-11,22H,2H2,1H3/b17-15+,21-11?. The Morgan fingerprint density at radius 3 is 2.54 bits per heavy atom. The van der Waals surface area contributed by atoms with Crippen LogP contribution in [-0.2, 0) is 9.53 Å². The molecular formula is C18H15BrINO3. The SMILES string of the molecule is CCOC(=O)/C(C=Nc1ccc(I)cc1)=C(/O)c1ccccc1Br. The number of nitrogens with zero attached hydrogens (tertiary/aromatic N) is 1. The van der Waals surface area contributed by atoms with Crippen LogP contribution >= 0.6 is 38.5 Å². The summed E-state index contributed by atoms with van der Waals surface area (Å²) >= 11 is 5.57. The van der Waals surface area contributed by atoms with Crippen LogP contribution in [0, 0.1) is 3.57 Å². The van der Waals surface area contributed by atoms with Crippen molar-refractivity contribution in [3.8, 4) is 0 Å². The molecule has 0 aliphatic rings. The normalized spacial score (nSPS) is 12.1. The van der Waals surface area contributed by atoms with Gasteiger partial charge in [-0.2, -0.15) is 0 Å². The van der Waals surface area contributed by atoms with Gasteiger partial charge in [-0.15, -0.1) is 0 Å². The molecule has 2 rings (SSSR count). The van der Waals surface area contributed by atoms with Crippen LogP contribution in [-0.4, -0.2) is 23.9 Å². The van der Waals surface area contributed by atoms with E-state index >= 15 is 0 Å². The molecule has 1 N–H and O–H groups in total. The minimum absolute atomic E-state index is 0.00213. The van der Waals surface area contributed by atoms with Gasteiger partial charge in [0.05, 0.1) is 12.3 Å². The van der Waals surface area contributed by atoms with Crippen LogP contribution in [0.2, 0.25) is 0 Å². The number of benzene rings is 2. The molecule has 124 valence electrons. The number of aliphatic hydroxyl groups excluding tert-OH is 1. The lowest BCUT2D eigenvalue weighted by atomic mass is 10.1. The van der Waals surface area contributed by atoms with Gasteiger partial charge >= 0.3 is 5.97 Å². The highest BCUT2D eigenvalue weighted by Gasteiger charge is 2.17. The van der Waals surface area contributed by atoms with E-state index in [0.29, 0.717) is 15.7 Å². The molecule has 6 heteroatoms. The Labute approximate surface area is 162 Å². The molecule has 0 spiro atoms. The summed E-state index contributed by atoms with van der Waals surface area (Å²) in [7, 11) is 0. The van der Waals surface area contributed by atoms with Crippen molar-refractivity contribution in [1.29, 1.82) is 0 Å². The zero-order valence-electron chi connectivity index (χ0n) is 12.9. The summed E-state index contributed by atoms with van der Waals surface area (Å²) < 4.78 is 6.79. The summed E-state index contributed by atoms with van der Waals surface area (Å²) in [5.74, 6) is -0.810.